The van der Waals surface area contributed by atoms with E-state index in [1.54, 1.807) is 19.1 Å². The van der Waals surface area contributed by atoms with Gasteiger partial charge in [0.1, 0.15) is 5.75 Å². The molecule has 5 heteroatoms. The van der Waals surface area contributed by atoms with Gasteiger partial charge in [-0.1, -0.05) is 49.7 Å². The number of hydrogen-bond donors (Lipinski definition) is 2. The van der Waals surface area contributed by atoms with E-state index >= 15 is 0 Å². The van der Waals surface area contributed by atoms with E-state index in [0.29, 0.717) is 5.56 Å². The van der Waals surface area contributed by atoms with Crippen LogP contribution in [0, 0.1) is 6.92 Å². The van der Waals surface area contributed by atoms with Crippen molar-refractivity contribution >= 4 is 11.9 Å². The highest BCUT2D eigenvalue weighted by molar-refractivity contribution is 5.92. The number of aromatic hydroxyl groups is 1. The monoisotopic (exact) mass is 355 g/mol. The zero-order chi connectivity index (χ0) is 19.1. The van der Waals surface area contributed by atoms with Crippen LogP contribution in [0.25, 0.3) is 0 Å². The van der Waals surface area contributed by atoms with Crippen molar-refractivity contribution in [2.45, 2.75) is 45.8 Å². The lowest BCUT2D eigenvalue weighted by molar-refractivity contribution is -0.129. The molecule has 138 valence electrons. The summed E-state index contributed by atoms with van der Waals surface area (Å²) in [7, 11) is 0. The molecule has 2 rings (SSSR count). The zero-order valence-electron chi connectivity index (χ0n) is 15.4. The van der Waals surface area contributed by atoms with Gasteiger partial charge in [-0.05, 0) is 43.5 Å². The van der Waals surface area contributed by atoms with E-state index < -0.39 is 12.1 Å². The Morgan fingerprint density at radius 3 is 2.46 bits per heavy atom. The van der Waals surface area contributed by atoms with Crippen LogP contribution in [-0.2, 0) is 9.53 Å². The maximum absolute atomic E-state index is 12.5. The fourth-order valence-corrected chi connectivity index (χ4v) is 2.60. The van der Waals surface area contributed by atoms with Crippen LogP contribution >= 0.6 is 0 Å². The van der Waals surface area contributed by atoms with Gasteiger partial charge in [-0.15, -0.1) is 0 Å². The molecule has 0 unspecified atom stereocenters. The van der Waals surface area contributed by atoms with Crippen molar-refractivity contribution in [3.8, 4) is 5.75 Å². The lowest BCUT2D eigenvalue weighted by Crippen LogP contribution is -2.38. The Bertz CT molecular complexity index is 758. The maximum atomic E-state index is 12.5. The van der Waals surface area contributed by atoms with Gasteiger partial charge >= 0.3 is 5.97 Å². The number of esters is 1. The maximum Gasteiger partial charge on any atom is 0.339 e. The van der Waals surface area contributed by atoms with E-state index in [1.165, 1.54) is 13.0 Å². The predicted octanol–water partition coefficient (Wildman–Crippen LogP) is 3.90. The van der Waals surface area contributed by atoms with E-state index in [-0.39, 0.29) is 23.3 Å². The minimum atomic E-state index is -0.936. The van der Waals surface area contributed by atoms with Crippen molar-refractivity contribution in [3.05, 3.63) is 65.2 Å². The van der Waals surface area contributed by atoms with Gasteiger partial charge in [0, 0.05) is 0 Å². The number of nitrogens with one attached hydrogen (secondary N) is 1. The average molecular weight is 355 g/mol. The van der Waals surface area contributed by atoms with Crippen molar-refractivity contribution in [3.63, 3.8) is 0 Å². The summed E-state index contributed by atoms with van der Waals surface area (Å²) in [5, 5.41) is 12.7. The number of phenols is 1. The van der Waals surface area contributed by atoms with Crippen LogP contribution in [0.5, 0.6) is 5.75 Å². The number of carbonyl (C=O) groups is 2. The smallest absolute Gasteiger partial charge is 0.339 e. The van der Waals surface area contributed by atoms with Crippen LogP contribution in [0.3, 0.4) is 0 Å². The summed E-state index contributed by atoms with van der Waals surface area (Å²) in [6.07, 6.45) is 0.771. The molecule has 0 aliphatic carbocycles. The van der Waals surface area contributed by atoms with Crippen molar-refractivity contribution in [1.82, 2.24) is 5.32 Å². The van der Waals surface area contributed by atoms with Gasteiger partial charge in [-0.25, -0.2) is 4.79 Å². The molecule has 0 fully saturated rings. The van der Waals surface area contributed by atoms with Crippen molar-refractivity contribution < 1.29 is 19.4 Å². The average Bonchev–Trinajstić information content (AvgIpc) is 2.64. The first-order chi connectivity index (χ1) is 12.4. The van der Waals surface area contributed by atoms with Gasteiger partial charge in [0.15, 0.2) is 6.10 Å². The first-order valence-electron chi connectivity index (χ1n) is 8.78. The molecule has 1 amide bonds. The van der Waals surface area contributed by atoms with Gasteiger partial charge in [-0.2, -0.15) is 0 Å². The minimum absolute atomic E-state index is 0.0173. The number of aryl methyl sites for hydroxylation is 1. The third kappa shape index (κ3) is 5.09. The summed E-state index contributed by atoms with van der Waals surface area (Å²) >= 11 is 0. The van der Waals surface area contributed by atoms with E-state index in [4.69, 9.17) is 4.74 Å². The molecule has 0 spiro atoms. The van der Waals surface area contributed by atoms with E-state index in [0.717, 1.165) is 18.4 Å². The molecule has 26 heavy (non-hydrogen) atoms. The van der Waals surface area contributed by atoms with Crippen molar-refractivity contribution in [2.75, 3.05) is 0 Å². The Morgan fingerprint density at radius 1 is 1.15 bits per heavy atom. The van der Waals surface area contributed by atoms with Crippen LogP contribution in [-0.4, -0.2) is 23.1 Å². The van der Waals surface area contributed by atoms with E-state index in [2.05, 4.69) is 12.2 Å². The number of rotatable bonds is 7. The molecular formula is C21H25NO4. The van der Waals surface area contributed by atoms with Crippen molar-refractivity contribution in [1.29, 1.82) is 0 Å². The highest BCUT2D eigenvalue weighted by Crippen LogP contribution is 2.20. The molecule has 0 heterocycles. The largest absolute Gasteiger partial charge is 0.508 e. The van der Waals surface area contributed by atoms with Gasteiger partial charge in [0.25, 0.3) is 5.91 Å². The number of amides is 1. The summed E-state index contributed by atoms with van der Waals surface area (Å²) in [5.74, 6) is -0.977. The first-order valence-corrected chi connectivity index (χ1v) is 8.78. The molecule has 0 aliphatic rings. The predicted molar refractivity (Wildman–Crippen MR) is 100.0 cm³/mol. The molecule has 0 aromatic heterocycles. The second-order valence-corrected chi connectivity index (χ2v) is 6.31. The first kappa shape index (κ1) is 19.5. The lowest BCUT2D eigenvalue weighted by atomic mass is 10.0. The summed E-state index contributed by atoms with van der Waals surface area (Å²) in [6.45, 7) is 5.32. The molecule has 5 nitrogen and oxygen atoms in total. The molecule has 0 saturated heterocycles. The number of hydrogen-bond acceptors (Lipinski definition) is 4. The Morgan fingerprint density at radius 2 is 1.85 bits per heavy atom. The van der Waals surface area contributed by atoms with Gasteiger partial charge < -0.3 is 15.2 Å². The molecule has 0 radical (unpaired) electrons. The summed E-state index contributed by atoms with van der Waals surface area (Å²) in [5.41, 5.74) is 1.89. The van der Waals surface area contributed by atoms with Crippen LogP contribution in [0.1, 0.15) is 54.2 Å². The topological polar surface area (TPSA) is 75.6 Å². The molecule has 0 saturated carbocycles. The molecule has 2 aromatic carbocycles. The number of ether oxygens (including phenoxy) is 1. The van der Waals surface area contributed by atoms with Gasteiger partial charge in [0.2, 0.25) is 0 Å². The molecule has 0 aliphatic heterocycles. The summed E-state index contributed by atoms with van der Waals surface area (Å²) < 4.78 is 5.25. The van der Waals surface area contributed by atoms with E-state index in [1.807, 2.05) is 30.3 Å². The van der Waals surface area contributed by atoms with Crippen LogP contribution < -0.4 is 5.32 Å². The molecule has 0 bridgehead atoms. The standard InChI is InChI=1S/C21H25NO4/c1-4-8-18(16-9-6-5-7-10-16)22-20(24)15(3)26-21(25)17-12-11-14(2)19(23)13-17/h5-7,9-13,15,18,23H,4,8H2,1-3H3,(H,22,24)/t15-,18-/m1/s1. The highest BCUT2D eigenvalue weighted by atomic mass is 16.5. The van der Waals surface area contributed by atoms with Crippen LogP contribution in [0.15, 0.2) is 48.5 Å². The zero-order valence-corrected chi connectivity index (χ0v) is 15.4. The normalized spacial score (nSPS) is 12.9. The van der Waals surface area contributed by atoms with Gasteiger partial charge in [0.05, 0.1) is 11.6 Å². The Balaban J connectivity index is 2.01. The SMILES string of the molecule is CCC[C@@H](NC(=O)[C@@H](C)OC(=O)c1ccc(C)c(O)c1)c1ccccc1. The quantitative estimate of drug-likeness (QED) is 0.739. The molecular weight excluding hydrogens is 330 g/mol. The third-order valence-corrected chi connectivity index (χ3v) is 4.19. The minimum Gasteiger partial charge on any atom is -0.508 e. The van der Waals surface area contributed by atoms with Crippen molar-refractivity contribution in [2.24, 2.45) is 0 Å². The molecule has 2 N–H and O–H groups in total. The summed E-state index contributed by atoms with van der Waals surface area (Å²) in [6, 6.07) is 14.1. The second-order valence-electron chi connectivity index (χ2n) is 6.31. The number of phenolic OH excluding ortho intramolecular Hbond substituents is 1. The molecule has 2 atom stereocenters. The number of benzene rings is 2. The second kappa shape index (κ2) is 9.04. The Hall–Kier alpha value is -2.82. The van der Waals surface area contributed by atoms with Crippen LogP contribution in [0.4, 0.5) is 0 Å². The van der Waals surface area contributed by atoms with Gasteiger partial charge in [-0.3, -0.25) is 4.79 Å². The number of carbonyl (C=O) groups excluding carboxylic acids is 2. The summed E-state index contributed by atoms with van der Waals surface area (Å²) in [4.78, 5) is 24.6. The Kier molecular flexibility index (Phi) is 6.78. The lowest BCUT2D eigenvalue weighted by Gasteiger charge is -2.21. The fourth-order valence-electron chi connectivity index (χ4n) is 2.60. The third-order valence-electron chi connectivity index (χ3n) is 4.19. The molecule has 2 aromatic rings. The van der Waals surface area contributed by atoms with E-state index in [9.17, 15) is 14.7 Å². The van der Waals surface area contributed by atoms with Crippen LogP contribution in [0.2, 0.25) is 0 Å². The Labute approximate surface area is 154 Å². The highest BCUT2D eigenvalue weighted by Gasteiger charge is 2.22. The fraction of sp³-hybridized carbons (Fsp3) is 0.333.